The van der Waals surface area contributed by atoms with Crippen LogP contribution in [-0.4, -0.2) is 24.0 Å². The number of hydrogen-bond acceptors (Lipinski definition) is 4. The van der Waals surface area contributed by atoms with Crippen LogP contribution in [0.4, 0.5) is 32.0 Å². The molecule has 14 heteroatoms. The van der Waals surface area contributed by atoms with E-state index in [4.69, 9.17) is 39.6 Å². The minimum atomic E-state index is -4.91. The molecule has 1 aliphatic rings. The normalized spacial score (nSPS) is 18.5. The quantitative estimate of drug-likeness (QED) is 0.335. The van der Waals surface area contributed by atoms with Crippen molar-refractivity contribution in [2.24, 2.45) is 5.16 Å². The number of oxime groups is 1. The molecular weight excluding hydrogens is 523 g/mol. The molecule has 2 aromatic rings. The van der Waals surface area contributed by atoms with Gasteiger partial charge in [-0.05, 0) is 30.3 Å². The number of halogens is 9. The van der Waals surface area contributed by atoms with Gasteiger partial charge in [0.15, 0.2) is 0 Å². The van der Waals surface area contributed by atoms with Crippen LogP contribution in [0.25, 0.3) is 0 Å². The van der Waals surface area contributed by atoms with E-state index in [1.165, 1.54) is 24.3 Å². The lowest BCUT2D eigenvalue weighted by Crippen LogP contribution is -2.42. The van der Waals surface area contributed by atoms with E-state index in [1.807, 2.05) is 5.43 Å². The summed E-state index contributed by atoms with van der Waals surface area (Å²) in [6.45, 7) is 0. The van der Waals surface area contributed by atoms with Gasteiger partial charge in [-0.1, -0.05) is 46.0 Å². The standard InChI is InChI=1S/C19H12Cl3F6N3O2/c20-11-4-10(5-12(21)6-11)17(19(26,27)28)7-15(31-33-17)9-1-2-13(22)14(3-9)29-30-16(32)8-18(23,24)25/h1-6,29H,7-8H2,(H,30,32). The molecule has 2 aromatic carbocycles. The Kier molecular flexibility index (Phi) is 6.97. The van der Waals surface area contributed by atoms with Crippen LogP contribution in [0.15, 0.2) is 41.6 Å². The number of hydrogen-bond donors (Lipinski definition) is 2. The van der Waals surface area contributed by atoms with Crippen molar-refractivity contribution < 1.29 is 36.0 Å². The number of nitrogens with zero attached hydrogens (tertiary/aromatic N) is 1. The van der Waals surface area contributed by atoms with E-state index in [1.54, 1.807) is 0 Å². The predicted molar refractivity (Wildman–Crippen MR) is 110 cm³/mol. The molecule has 1 atom stereocenters. The number of rotatable bonds is 5. The number of nitrogens with one attached hydrogen (secondary N) is 2. The number of hydrazine groups is 1. The van der Waals surface area contributed by atoms with Gasteiger partial charge in [0.1, 0.15) is 6.42 Å². The highest BCUT2D eigenvalue weighted by Gasteiger charge is 2.62. The summed E-state index contributed by atoms with van der Waals surface area (Å²) < 4.78 is 79.1. The average Bonchev–Trinajstić information content (AvgIpc) is 3.12. The highest BCUT2D eigenvalue weighted by molar-refractivity contribution is 6.34. The summed E-state index contributed by atoms with van der Waals surface area (Å²) in [6, 6.07) is 7.19. The zero-order chi connectivity index (χ0) is 24.6. The van der Waals surface area contributed by atoms with Gasteiger partial charge >= 0.3 is 12.4 Å². The van der Waals surface area contributed by atoms with Crippen LogP contribution >= 0.6 is 34.8 Å². The Morgan fingerprint density at radius 1 is 1.03 bits per heavy atom. The maximum atomic E-state index is 14.1. The molecule has 5 nitrogen and oxygen atoms in total. The Labute approximate surface area is 197 Å². The van der Waals surface area contributed by atoms with E-state index in [0.29, 0.717) is 0 Å². The Balaban J connectivity index is 1.86. The zero-order valence-corrected chi connectivity index (χ0v) is 18.3. The van der Waals surface area contributed by atoms with Gasteiger partial charge in [-0.15, -0.1) is 0 Å². The third kappa shape index (κ3) is 5.77. The van der Waals surface area contributed by atoms with E-state index < -0.39 is 36.7 Å². The van der Waals surface area contributed by atoms with Crippen LogP contribution in [0, 0.1) is 0 Å². The van der Waals surface area contributed by atoms with Gasteiger partial charge in [-0.25, -0.2) is 0 Å². The van der Waals surface area contributed by atoms with Crippen molar-refractivity contribution in [2.45, 2.75) is 30.8 Å². The maximum absolute atomic E-state index is 14.1. The summed E-state index contributed by atoms with van der Waals surface area (Å²) in [6.07, 6.45) is -12.1. The maximum Gasteiger partial charge on any atom is 0.435 e. The lowest BCUT2D eigenvalue weighted by atomic mass is 9.86. The third-order valence-corrected chi connectivity index (χ3v) is 5.28. The molecule has 1 unspecified atom stereocenters. The predicted octanol–water partition coefficient (Wildman–Crippen LogP) is 6.62. The van der Waals surface area contributed by atoms with Crippen LogP contribution in [0.1, 0.15) is 24.0 Å². The average molecular weight is 535 g/mol. The van der Waals surface area contributed by atoms with Crippen LogP contribution < -0.4 is 10.9 Å². The van der Waals surface area contributed by atoms with E-state index in [-0.39, 0.29) is 37.6 Å². The summed E-state index contributed by atoms with van der Waals surface area (Å²) in [5.74, 6) is -1.39. The number of carbonyl (C=O) groups excluding carboxylic acids is 1. The minimum absolute atomic E-state index is 0.0192. The molecule has 0 aromatic heterocycles. The topological polar surface area (TPSA) is 62.7 Å². The van der Waals surface area contributed by atoms with Gasteiger partial charge < -0.3 is 4.84 Å². The second-order valence-electron chi connectivity index (χ2n) is 6.95. The molecule has 0 bridgehead atoms. The SMILES string of the molecule is O=C(CC(F)(F)F)NNc1cc(C2=NOC(c3cc(Cl)cc(Cl)c3)(C(F)(F)F)C2)ccc1Cl. The molecule has 1 amide bonds. The highest BCUT2D eigenvalue weighted by Crippen LogP contribution is 2.49. The smallest absolute Gasteiger partial charge is 0.374 e. The van der Waals surface area contributed by atoms with Crippen molar-refractivity contribution in [2.75, 3.05) is 5.43 Å². The summed E-state index contributed by atoms with van der Waals surface area (Å²) in [7, 11) is 0. The Bertz CT molecular complexity index is 1090. The van der Waals surface area contributed by atoms with Crippen LogP contribution in [-0.2, 0) is 15.2 Å². The molecule has 1 aliphatic heterocycles. The summed E-state index contributed by atoms with van der Waals surface area (Å²) >= 11 is 17.7. The second kappa shape index (κ2) is 9.11. The number of alkyl halides is 6. The van der Waals surface area contributed by atoms with Gasteiger partial charge in [0.25, 0.3) is 5.60 Å². The molecule has 0 saturated carbocycles. The summed E-state index contributed by atoms with van der Waals surface area (Å²) in [4.78, 5) is 16.3. The first-order chi connectivity index (χ1) is 15.2. The van der Waals surface area contributed by atoms with Crippen LogP contribution in [0.3, 0.4) is 0 Å². The first kappa shape index (κ1) is 25.3. The van der Waals surface area contributed by atoms with Crippen molar-refractivity contribution in [3.8, 4) is 0 Å². The summed E-state index contributed by atoms with van der Waals surface area (Å²) in [5, 5.41) is 3.49. The number of carbonyl (C=O) groups is 1. The largest absolute Gasteiger partial charge is 0.435 e. The lowest BCUT2D eigenvalue weighted by molar-refractivity contribution is -0.275. The Morgan fingerprint density at radius 3 is 2.24 bits per heavy atom. The van der Waals surface area contributed by atoms with Crippen molar-refractivity contribution in [1.82, 2.24) is 5.43 Å². The number of anilines is 1. The molecule has 2 N–H and O–H groups in total. The molecular formula is C19H12Cl3F6N3O2. The fourth-order valence-electron chi connectivity index (χ4n) is 3.01. The van der Waals surface area contributed by atoms with Crippen LogP contribution in [0.2, 0.25) is 15.1 Å². The van der Waals surface area contributed by atoms with Gasteiger partial charge in [-0.2, -0.15) is 26.3 Å². The first-order valence-corrected chi connectivity index (χ1v) is 10.0. The molecule has 0 saturated heterocycles. The monoisotopic (exact) mass is 533 g/mol. The second-order valence-corrected chi connectivity index (χ2v) is 8.23. The molecule has 178 valence electrons. The Hall–Kier alpha value is -2.37. The minimum Gasteiger partial charge on any atom is -0.374 e. The van der Waals surface area contributed by atoms with E-state index in [2.05, 4.69) is 10.6 Å². The van der Waals surface area contributed by atoms with Gasteiger partial charge in [0.05, 0.1) is 16.4 Å². The van der Waals surface area contributed by atoms with Gasteiger partial charge in [0.2, 0.25) is 5.91 Å². The molecule has 1 heterocycles. The van der Waals surface area contributed by atoms with E-state index in [0.717, 1.165) is 12.1 Å². The molecule has 33 heavy (non-hydrogen) atoms. The first-order valence-electron chi connectivity index (χ1n) is 8.90. The van der Waals surface area contributed by atoms with E-state index >= 15 is 0 Å². The van der Waals surface area contributed by atoms with Crippen molar-refractivity contribution in [3.05, 3.63) is 62.6 Å². The van der Waals surface area contributed by atoms with Crippen molar-refractivity contribution in [1.29, 1.82) is 0 Å². The van der Waals surface area contributed by atoms with Crippen molar-refractivity contribution >= 4 is 52.1 Å². The van der Waals surface area contributed by atoms with Gasteiger partial charge in [-0.3, -0.25) is 15.6 Å². The zero-order valence-electron chi connectivity index (χ0n) is 16.0. The molecule has 3 rings (SSSR count). The molecule has 0 spiro atoms. The Morgan fingerprint density at radius 2 is 1.67 bits per heavy atom. The van der Waals surface area contributed by atoms with Crippen LogP contribution in [0.5, 0.6) is 0 Å². The lowest BCUT2D eigenvalue weighted by Gasteiger charge is -2.29. The molecule has 0 aliphatic carbocycles. The fraction of sp³-hybridized carbons (Fsp3) is 0.263. The van der Waals surface area contributed by atoms with Crippen molar-refractivity contribution in [3.63, 3.8) is 0 Å². The highest BCUT2D eigenvalue weighted by atomic mass is 35.5. The van der Waals surface area contributed by atoms with Gasteiger partial charge in [0, 0.05) is 27.6 Å². The molecule has 0 fully saturated rings. The number of amides is 1. The third-order valence-electron chi connectivity index (χ3n) is 4.51. The fourth-order valence-corrected chi connectivity index (χ4v) is 3.70. The number of benzene rings is 2. The molecule has 0 radical (unpaired) electrons. The summed E-state index contributed by atoms with van der Waals surface area (Å²) in [5.41, 5.74) is 0.714. The van der Waals surface area contributed by atoms with E-state index in [9.17, 15) is 31.1 Å².